The Kier molecular flexibility index (Phi) is 5.12. The van der Waals surface area contributed by atoms with Crippen LogP contribution in [0.5, 0.6) is 5.75 Å². The average molecular weight is 272 g/mol. The Morgan fingerprint density at radius 2 is 2.20 bits per heavy atom. The van der Waals surface area contributed by atoms with Gasteiger partial charge >= 0.3 is 0 Å². The fourth-order valence-corrected chi connectivity index (χ4v) is 1.91. The fourth-order valence-electron chi connectivity index (χ4n) is 1.57. The van der Waals surface area contributed by atoms with E-state index < -0.39 is 0 Å². The van der Waals surface area contributed by atoms with Crippen molar-refractivity contribution in [1.29, 1.82) is 0 Å². The summed E-state index contributed by atoms with van der Waals surface area (Å²) in [6, 6.07) is 6.07. The number of halogens is 1. The van der Waals surface area contributed by atoms with Crippen LogP contribution in [0.3, 0.4) is 0 Å². The van der Waals surface area contributed by atoms with E-state index in [0.717, 1.165) is 28.6 Å². The number of nitrogens with two attached hydrogens (primary N) is 1. The minimum absolute atomic E-state index is 0.0769. The summed E-state index contributed by atoms with van der Waals surface area (Å²) in [5, 5.41) is 0. The molecule has 2 nitrogen and oxygen atoms in total. The Bertz CT molecular complexity index is 314. The Morgan fingerprint density at radius 1 is 1.47 bits per heavy atom. The van der Waals surface area contributed by atoms with E-state index in [4.69, 9.17) is 10.5 Å². The Hall–Kier alpha value is -0.540. The summed E-state index contributed by atoms with van der Waals surface area (Å²) in [4.78, 5) is 0. The molecule has 2 N–H and O–H groups in total. The van der Waals surface area contributed by atoms with Gasteiger partial charge in [-0.1, -0.05) is 41.8 Å². The lowest BCUT2D eigenvalue weighted by atomic mass is 10.0. The molecule has 0 fully saturated rings. The van der Waals surface area contributed by atoms with Crippen LogP contribution in [0.4, 0.5) is 0 Å². The van der Waals surface area contributed by atoms with E-state index in [2.05, 4.69) is 22.9 Å². The van der Waals surface area contributed by atoms with E-state index in [9.17, 15) is 0 Å². The summed E-state index contributed by atoms with van der Waals surface area (Å²) in [6.45, 7) is 2.17. The summed E-state index contributed by atoms with van der Waals surface area (Å²) in [7, 11) is 1.68. The van der Waals surface area contributed by atoms with Crippen LogP contribution >= 0.6 is 15.9 Å². The maximum Gasteiger partial charge on any atom is 0.124 e. The van der Waals surface area contributed by atoms with Crippen molar-refractivity contribution in [2.75, 3.05) is 7.11 Å². The molecular weight excluding hydrogens is 254 g/mol. The summed E-state index contributed by atoms with van der Waals surface area (Å²) in [6.07, 6.45) is 3.33. The maximum atomic E-state index is 6.11. The molecule has 0 saturated carbocycles. The van der Waals surface area contributed by atoms with Crippen molar-refractivity contribution in [3.05, 3.63) is 28.2 Å². The van der Waals surface area contributed by atoms with Gasteiger partial charge in [0.05, 0.1) is 7.11 Å². The van der Waals surface area contributed by atoms with E-state index in [-0.39, 0.29) is 6.04 Å². The number of ether oxygens (including phenoxy) is 1. The van der Waals surface area contributed by atoms with E-state index in [1.807, 2.05) is 18.2 Å². The molecule has 0 bridgehead atoms. The lowest BCUT2D eigenvalue weighted by Crippen LogP contribution is -2.11. The molecule has 1 aromatic carbocycles. The quantitative estimate of drug-likeness (QED) is 0.888. The lowest BCUT2D eigenvalue weighted by Gasteiger charge is -2.15. The van der Waals surface area contributed by atoms with Crippen LogP contribution in [0.2, 0.25) is 0 Å². The van der Waals surface area contributed by atoms with Crippen LogP contribution in [0.15, 0.2) is 22.7 Å². The van der Waals surface area contributed by atoms with Gasteiger partial charge in [0.1, 0.15) is 5.75 Å². The van der Waals surface area contributed by atoms with Crippen molar-refractivity contribution in [2.24, 2.45) is 5.73 Å². The predicted molar refractivity (Wildman–Crippen MR) is 67.1 cm³/mol. The minimum Gasteiger partial charge on any atom is -0.496 e. The first kappa shape index (κ1) is 12.5. The zero-order valence-electron chi connectivity index (χ0n) is 9.29. The third-order valence-electron chi connectivity index (χ3n) is 2.46. The molecule has 0 heterocycles. The summed E-state index contributed by atoms with van der Waals surface area (Å²) in [5.74, 6) is 0.868. The number of hydrogen-bond donors (Lipinski definition) is 1. The van der Waals surface area contributed by atoms with Gasteiger partial charge in [0.15, 0.2) is 0 Å². The number of unbranched alkanes of at least 4 members (excludes halogenated alkanes) is 1. The van der Waals surface area contributed by atoms with Crippen LogP contribution in [0, 0.1) is 0 Å². The molecule has 0 radical (unpaired) electrons. The number of rotatable bonds is 5. The van der Waals surface area contributed by atoms with Crippen molar-refractivity contribution >= 4 is 15.9 Å². The number of methoxy groups -OCH3 is 1. The first-order valence-electron chi connectivity index (χ1n) is 5.28. The Balaban J connectivity index is 2.82. The first-order valence-corrected chi connectivity index (χ1v) is 6.07. The van der Waals surface area contributed by atoms with Crippen LogP contribution in [0.25, 0.3) is 0 Å². The van der Waals surface area contributed by atoms with Gasteiger partial charge in [-0.2, -0.15) is 0 Å². The van der Waals surface area contributed by atoms with Gasteiger partial charge in [-0.3, -0.25) is 0 Å². The van der Waals surface area contributed by atoms with Crippen LogP contribution in [-0.2, 0) is 0 Å². The standard InChI is InChI=1S/C12H18BrNO/c1-3-4-5-11(14)10-7-6-9(13)8-12(10)15-2/h6-8,11H,3-5,14H2,1-2H3. The highest BCUT2D eigenvalue weighted by molar-refractivity contribution is 9.10. The van der Waals surface area contributed by atoms with Crippen LogP contribution < -0.4 is 10.5 Å². The molecule has 3 heteroatoms. The number of benzene rings is 1. The fraction of sp³-hybridized carbons (Fsp3) is 0.500. The average Bonchev–Trinajstić information content (AvgIpc) is 2.25. The van der Waals surface area contributed by atoms with Gasteiger partial charge in [-0.25, -0.2) is 0 Å². The molecule has 1 rings (SSSR count). The van der Waals surface area contributed by atoms with Crippen molar-refractivity contribution in [3.8, 4) is 5.75 Å². The summed E-state index contributed by atoms with van der Waals surface area (Å²) in [5.41, 5.74) is 7.20. The van der Waals surface area contributed by atoms with E-state index >= 15 is 0 Å². The molecule has 0 aliphatic carbocycles. The van der Waals surface area contributed by atoms with Gasteiger partial charge in [0.25, 0.3) is 0 Å². The van der Waals surface area contributed by atoms with E-state index in [0.29, 0.717) is 0 Å². The van der Waals surface area contributed by atoms with Crippen molar-refractivity contribution in [2.45, 2.75) is 32.2 Å². The molecule has 0 aliphatic heterocycles. The third-order valence-corrected chi connectivity index (χ3v) is 2.96. The molecular formula is C12H18BrNO. The van der Waals surface area contributed by atoms with Crippen LogP contribution in [-0.4, -0.2) is 7.11 Å². The van der Waals surface area contributed by atoms with Crippen LogP contribution in [0.1, 0.15) is 37.8 Å². The third kappa shape index (κ3) is 3.50. The molecule has 1 aromatic rings. The molecule has 0 spiro atoms. The SMILES string of the molecule is CCCCC(N)c1ccc(Br)cc1OC. The molecule has 0 saturated heterocycles. The highest BCUT2D eigenvalue weighted by Gasteiger charge is 2.11. The second-order valence-electron chi connectivity index (χ2n) is 3.63. The van der Waals surface area contributed by atoms with E-state index in [1.54, 1.807) is 7.11 Å². The predicted octanol–water partition coefficient (Wildman–Crippen LogP) is 3.65. The molecule has 0 aromatic heterocycles. The second-order valence-corrected chi connectivity index (χ2v) is 4.55. The van der Waals surface area contributed by atoms with Crippen molar-refractivity contribution < 1.29 is 4.74 Å². The van der Waals surface area contributed by atoms with Crippen molar-refractivity contribution in [1.82, 2.24) is 0 Å². The molecule has 0 aliphatic rings. The topological polar surface area (TPSA) is 35.2 Å². The molecule has 1 atom stereocenters. The smallest absolute Gasteiger partial charge is 0.124 e. The lowest BCUT2D eigenvalue weighted by molar-refractivity contribution is 0.403. The minimum atomic E-state index is 0.0769. The maximum absolute atomic E-state index is 6.11. The Morgan fingerprint density at radius 3 is 2.80 bits per heavy atom. The highest BCUT2D eigenvalue weighted by Crippen LogP contribution is 2.29. The van der Waals surface area contributed by atoms with Gasteiger partial charge in [0, 0.05) is 16.1 Å². The van der Waals surface area contributed by atoms with Gasteiger partial charge in [0.2, 0.25) is 0 Å². The number of hydrogen-bond acceptors (Lipinski definition) is 2. The molecule has 0 amide bonds. The van der Waals surface area contributed by atoms with Gasteiger partial charge in [-0.15, -0.1) is 0 Å². The van der Waals surface area contributed by atoms with E-state index in [1.165, 1.54) is 6.42 Å². The van der Waals surface area contributed by atoms with Crippen molar-refractivity contribution in [3.63, 3.8) is 0 Å². The second kappa shape index (κ2) is 6.13. The zero-order chi connectivity index (χ0) is 11.3. The largest absolute Gasteiger partial charge is 0.496 e. The van der Waals surface area contributed by atoms with Gasteiger partial charge < -0.3 is 10.5 Å². The highest BCUT2D eigenvalue weighted by atomic mass is 79.9. The zero-order valence-corrected chi connectivity index (χ0v) is 10.9. The molecule has 84 valence electrons. The summed E-state index contributed by atoms with van der Waals surface area (Å²) >= 11 is 3.42. The normalized spacial score (nSPS) is 12.5. The molecule has 1 unspecified atom stereocenters. The Labute approximate surface area is 99.9 Å². The first-order chi connectivity index (χ1) is 7.19. The summed E-state index contributed by atoms with van der Waals surface area (Å²) < 4.78 is 6.34. The monoisotopic (exact) mass is 271 g/mol. The molecule has 15 heavy (non-hydrogen) atoms. The van der Waals surface area contributed by atoms with Gasteiger partial charge in [-0.05, 0) is 18.6 Å².